The van der Waals surface area contributed by atoms with Gasteiger partial charge in [-0.05, 0) is 61.4 Å². The Hall–Kier alpha value is -3.06. The zero-order valence-electron chi connectivity index (χ0n) is 15.9. The number of hydrogen-bond acceptors (Lipinski definition) is 6. The number of carbonyl (C=O) groups excluding carboxylic acids is 1. The maximum Gasteiger partial charge on any atom is 0.261 e. The molecule has 1 aromatic heterocycles. The predicted octanol–water partition coefficient (Wildman–Crippen LogP) is 4.14. The van der Waals surface area contributed by atoms with Crippen molar-refractivity contribution in [2.45, 2.75) is 18.9 Å². The number of carbonyl (C=O) groups is 1. The second kappa shape index (κ2) is 8.53. The Bertz CT molecular complexity index is 972. The van der Waals surface area contributed by atoms with Crippen molar-refractivity contribution in [2.24, 2.45) is 0 Å². The molecular weight excluding hydrogens is 394 g/mol. The summed E-state index contributed by atoms with van der Waals surface area (Å²) in [5, 5.41) is 4.69. The minimum absolute atomic E-state index is 0.0579. The third-order valence-electron chi connectivity index (χ3n) is 4.82. The predicted molar refractivity (Wildman–Crippen MR) is 107 cm³/mol. The van der Waals surface area contributed by atoms with Crippen LogP contribution < -0.4 is 9.47 Å². The third-order valence-corrected chi connectivity index (χ3v) is 5.08. The molecular formula is C21H20ClN3O4. The first-order chi connectivity index (χ1) is 14.1. The first-order valence-electron chi connectivity index (χ1n) is 9.30. The van der Waals surface area contributed by atoms with Crippen molar-refractivity contribution >= 4 is 17.5 Å². The Labute approximate surface area is 173 Å². The van der Waals surface area contributed by atoms with E-state index in [4.69, 9.17) is 25.6 Å². The van der Waals surface area contributed by atoms with Crippen LogP contribution in [0.2, 0.25) is 5.02 Å². The highest BCUT2D eigenvalue weighted by molar-refractivity contribution is 6.30. The van der Waals surface area contributed by atoms with Gasteiger partial charge in [-0.3, -0.25) is 4.79 Å². The van der Waals surface area contributed by atoms with Gasteiger partial charge >= 0.3 is 0 Å². The smallest absolute Gasteiger partial charge is 0.261 e. The molecule has 1 aliphatic rings. The van der Waals surface area contributed by atoms with Gasteiger partial charge in [0.2, 0.25) is 11.7 Å². The molecule has 1 atom stereocenters. The molecule has 4 rings (SSSR count). The van der Waals surface area contributed by atoms with Gasteiger partial charge < -0.3 is 18.9 Å². The summed E-state index contributed by atoms with van der Waals surface area (Å²) in [5.74, 6) is 2.16. The van der Waals surface area contributed by atoms with Gasteiger partial charge in [0.05, 0.1) is 7.11 Å². The molecule has 1 saturated heterocycles. The molecule has 7 nitrogen and oxygen atoms in total. The van der Waals surface area contributed by atoms with E-state index in [1.54, 1.807) is 36.3 Å². The van der Waals surface area contributed by atoms with E-state index in [0.29, 0.717) is 29.0 Å². The summed E-state index contributed by atoms with van der Waals surface area (Å²) in [5.41, 5.74) is 0.822. The number of ether oxygens (including phenoxy) is 2. The van der Waals surface area contributed by atoms with E-state index in [-0.39, 0.29) is 18.6 Å². The second-order valence-corrected chi connectivity index (χ2v) is 7.11. The van der Waals surface area contributed by atoms with E-state index in [0.717, 1.165) is 24.2 Å². The highest BCUT2D eigenvalue weighted by atomic mass is 35.5. The van der Waals surface area contributed by atoms with Gasteiger partial charge in [0.1, 0.15) is 17.5 Å². The van der Waals surface area contributed by atoms with Crippen LogP contribution in [0.25, 0.3) is 11.4 Å². The molecule has 1 amide bonds. The normalized spacial score (nSPS) is 16.1. The lowest BCUT2D eigenvalue weighted by molar-refractivity contribution is -0.134. The number of halogens is 1. The van der Waals surface area contributed by atoms with E-state index in [2.05, 4.69) is 10.1 Å². The summed E-state index contributed by atoms with van der Waals surface area (Å²) in [6, 6.07) is 14.1. The summed E-state index contributed by atoms with van der Waals surface area (Å²) in [4.78, 5) is 18.9. The monoisotopic (exact) mass is 413 g/mol. The van der Waals surface area contributed by atoms with Crippen molar-refractivity contribution in [3.63, 3.8) is 0 Å². The van der Waals surface area contributed by atoms with Crippen molar-refractivity contribution in [2.75, 3.05) is 20.3 Å². The number of amides is 1. The molecule has 150 valence electrons. The Morgan fingerprint density at radius 1 is 1.17 bits per heavy atom. The molecule has 2 heterocycles. The Kier molecular flexibility index (Phi) is 5.67. The second-order valence-electron chi connectivity index (χ2n) is 6.67. The molecule has 1 aliphatic heterocycles. The average molecular weight is 414 g/mol. The van der Waals surface area contributed by atoms with Crippen LogP contribution in [0.15, 0.2) is 53.1 Å². The zero-order valence-corrected chi connectivity index (χ0v) is 16.6. The molecule has 0 spiro atoms. The van der Waals surface area contributed by atoms with E-state index in [1.165, 1.54) is 0 Å². The van der Waals surface area contributed by atoms with Gasteiger partial charge in [0.25, 0.3) is 5.91 Å². The molecule has 29 heavy (non-hydrogen) atoms. The van der Waals surface area contributed by atoms with Crippen LogP contribution in [0.5, 0.6) is 11.5 Å². The molecule has 2 aromatic carbocycles. The standard InChI is InChI=1S/C21H20ClN3O4/c1-27-16-8-4-14(5-9-16)20-23-21(29-24-20)18-3-2-12-25(18)19(26)13-28-17-10-6-15(22)7-11-17/h4-11,18H,2-3,12-13H2,1H3. The fourth-order valence-electron chi connectivity index (χ4n) is 3.31. The number of hydrogen-bond donors (Lipinski definition) is 0. The Morgan fingerprint density at radius 2 is 1.90 bits per heavy atom. The summed E-state index contributed by atoms with van der Waals surface area (Å²) >= 11 is 5.87. The van der Waals surface area contributed by atoms with Gasteiger partial charge in [-0.2, -0.15) is 4.98 Å². The van der Waals surface area contributed by atoms with Gasteiger partial charge in [0.15, 0.2) is 6.61 Å². The Balaban J connectivity index is 1.43. The van der Waals surface area contributed by atoms with Crippen LogP contribution >= 0.6 is 11.6 Å². The summed E-state index contributed by atoms with van der Waals surface area (Å²) in [7, 11) is 1.61. The fraction of sp³-hybridized carbons (Fsp3) is 0.286. The highest BCUT2D eigenvalue weighted by Gasteiger charge is 2.34. The number of benzene rings is 2. The van der Waals surface area contributed by atoms with E-state index < -0.39 is 0 Å². The molecule has 0 radical (unpaired) electrons. The number of rotatable bonds is 6. The lowest BCUT2D eigenvalue weighted by atomic mass is 10.2. The molecule has 0 saturated carbocycles. The average Bonchev–Trinajstić information content (AvgIpc) is 3.43. The van der Waals surface area contributed by atoms with Crippen molar-refractivity contribution in [1.82, 2.24) is 15.0 Å². The van der Waals surface area contributed by atoms with Crippen LogP contribution in [0, 0.1) is 0 Å². The number of aromatic nitrogens is 2. The van der Waals surface area contributed by atoms with Gasteiger partial charge in [-0.15, -0.1) is 0 Å². The zero-order chi connectivity index (χ0) is 20.2. The lowest BCUT2D eigenvalue weighted by Crippen LogP contribution is -2.34. The van der Waals surface area contributed by atoms with E-state index in [9.17, 15) is 4.79 Å². The third kappa shape index (κ3) is 4.35. The lowest BCUT2D eigenvalue weighted by Gasteiger charge is -2.21. The molecule has 0 aliphatic carbocycles. The van der Waals surface area contributed by atoms with Crippen molar-refractivity contribution in [3.8, 4) is 22.9 Å². The van der Waals surface area contributed by atoms with Crippen molar-refractivity contribution < 1.29 is 18.8 Å². The molecule has 0 bridgehead atoms. The highest BCUT2D eigenvalue weighted by Crippen LogP contribution is 2.32. The maximum atomic E-state index is 12.7. The van der Waals surface area contributed by atoms with E-state index >= 15 is 0 Å². The van der Waals surface area contributed by atoms with Gasteiger partial charge in [0, 0.05) is 17.1 Å². The number of methoxy groups -OCH3 is 1. The first-order valence-corrected chi connectivity index (χ1v) is 9.68. The first kappa shape index (κ1) is 19.3. The quantitative estimate of drug-likeness (QED) is 0.604. The van der Waals surface area contributed by atoms with Crippen LogP contribution in [-0.2, 0) is 4.79 Å². The summed E-state index contributed by atoms with van der Waals surface area (Å²) < 4.78 is 16.2. The maximum absolute atomic E-state index is 12.7. The van der Waals surface area contributed by atoms with Gasteiger partial charge in [-0.25, -0.2) is 0 Å². The fourth-order valence-corrected chi connectivity index (χ4v) is 3.43. The molecule has 3 aromatic rings. The summed E-state index contributed by atoms with van der Waals surface area (Å²) in [6.07, 6.45) is 1.65. The van der Waals surface area contributed by atoms with Crippen molar-refractivity contribution in [1.29, 1.82) is 0 Å². The van der Waals surface area contributed by atoms with Crippen LogP contribution in [-0.4, -0.2) is 41.2 Å². The molecule has 1 fully saturated rings. The molecule has 1 unspecified atom stereocenters. The summed E-state index contributed by atoms with van der Waals surface area (Å²) in [6.45, 7) is 0.575. The van der Waals surface area contributed by atoms with Crippen molar-refractivity contribution in [3.05, 3.63) is 59.4 Å². The SMILES string of the molecule is COc1ccc(-c2noc(C3CCCN3C(=O)COc3ccc(Cl)cc3)n2)cc1. The van der Waals surface area contributed by atoms with Crippen LogP contribution in [0.1, 0.15) is 24.8 Å². The minimum atomic E-state index is -0.240. The Morgan fingerprint density at radius 3 is 2.62 bits per heavy atom. The topological polar surface area (TPSA) is 77.7 Å². The van der Waals surface area contributed by atoms with Gasteiger partial charge in [-0.1, -0.05) is 16.8 Å². The van der Waals surface area contributed by atoms with Crippen LogP contribution in [0.3, 0.4) is 0 Å². The molecule has 0 N–H and O–H groups in total. The largest absolute Gasteiger partial charge is 0.497 e. The molecule has 8 heteroatoms. The van der Waals surface area contributed by atoms with Crippen LogP contribution in [0.4, 0.5) is 0 Å². The minimum Gasteiger partial charge on any atom is -0.497 e. The number of likely N-dealkylation sites (tertiary alicyclic amines) is 1. The number of nitrogens with zero attached hydrogens (tertiary/aromatic N) is 3. The van der Waals surface area contributed by atoms with E-state index in [1.807, 2.05) is 24.3 Å².